The second kappa shape index (κ2) is 13.5. The van der Waals surface area contributed by atoms with Crippen LogP contribution >= 0.6 is 11.6 Å². The zero-order valence-corrected chi connectivity index (χ0v) is 25.4. The molecule has 46 heavy (non-hydrogen) atoms. The van der Waals surface area contributed by atoms with Gasteiger partial charge in [0.2, 0.25) is 5.75 Å². The number of fused-ring (bicyclic) bond motifs is 1. The van der Waals surface area contributed by atoms with Gasteiger partial charge in [0.15, 0.2) is 0 Å². The molecule has 2 atom stereocenters. The number of hydrogen-bond acceptors (Lipinski definition) is 11. The Hall–Kier alpha value is -5.04. The summed E-state index contributed by atoms with van der Waals surface area (Å²) in [5.74, 6) is -0.224. The Kier molecular flexibility index (Phi) is 9.11. The minimum atomic E-state index is -0.759. The van der Waals surface area contributed by atoms with E-state index in [0.717, 1.165) is 16.7 Å². The molecule has 13 heteroatoms. The number of aliphatic hydroxyl groups is 1. The van der Waals surface area contributed by atoms with Crippen molar-refractivity contribution in [2.75, 3.05) is 13.7 Å². The van der Waals surface area contributed by atoms with Gasteiger partial charge in [-0.3, -0.25) is 19.8 Å². The Morgan fingerprint density at radius 1 is 1.00 bits per heavy atom. The van der Waals surface area contributed by atoms with Gasteiger partial charge in [-0.05, 0) is 33.6 Å². The quantitative estimate of drug-likeness (QED) is 0.107. The fraction of sp³-hybridized carbons (Fsp3) is 0.242. The molecule has 1 saturated heterocycles. The molecule has 4 aromatic carbocycles. The maximum absolute atomic E-state index is 12.5. The number of hydrogen-bond donors (Lipinski definition) is 1. The number of benzene rings is 4. The summed E-state index contributed by atoms with van der Waals surface area (Å²) in [7, 11) is 1.28. The predicted octanol–water partition coefficient (Wildman–Crippen LogP) is 5.72. The molecule has 0 amide bonds. The number of ether oxygens (including phenoxy) is 3. The Bertz CT molecular complexity index is 1880. The molecule has 0 spiro atoms. The van der Waals surface area contributed by atoms with Crippen LogP contribution in [0.25, 0.3) is 22.2 Å². The first-order chi connectivity index (χ1) is 22.3. The minimum Gasteiger partial charge on any atom is -0.488 e. The fourth-order valence-corrected chi connectivity index (χ4v) is 5.82. The lowest BCUT2D eigenvalue weighted by atomic mass is 10.0. The van der Waals surface area contributed by atoms with Gasteiger partial charge in [0.05, 0.1) is 23.2 Å². The van der Waals surface area contributed by atoms with Crippen LogP contribution in [0.4, 0.5) is 5.69 Å². The van der Waals surface area contributed by atoms with E-state index in [4.69, 9.17) is 30.4 Å². The fourth-order valence-electron chi connectivity index (χ4n) is 5.53. The summed E-state index contributed by atoms with van der Waals surface area (Å²) in [4.78, 5) is 25.9. The molecule has 236 valence electrons. The van der Waals surface area contributed by atoms with E-state index in [0.29, 0.717) is 32.9 Å². The number of halogens is 1. The predicted molar refractivity (Wildman–Crippen MR) is 167 cm³/mol. The minimum absolute atomic E-state index is 0.0212. The summed E-state index contributed by atoms with van der Waals surface area (Å²) in [5, 5.41) is 30.8. The number of nitro groups is 1. The normalized spacial score (nSPS) is 16.4. The van der Waals surface area contributed by atoms with Crippen molar-refractivity contribution in [3.63, 3.8) is 0 Å². The molecule has 6 rings (SSSR count). The third-order valence-electron chi connectivity index (χ3n) is 7.83. The van der Waals surface area contributed by atoms with Gasteiger partial charge in [0, 0.05) is 48.3 Å². The third kappa shape index (κ3) is 6.64. The van der Waals surface area contributed by atoms with Crippen LogP contribution in [0.3, 0.4) is 0 Å². The number of methoxy groups -OCH3 is 1. The van der Waals surface area contributed by atoms with E-state index in [1.165, 1.54) is 19.2 Å². The zero-order valence-electron chi connectivity index (χ0n) is 24.7. The molecule has 1 N–H and O–H groups in total. The summed E-state index contributed by atoms with van der Waals surface area (Å²) < 4.78 is 22.0. The van der Waals surface area contributed by atoms with Gasteiger partial charge in [0.25, 0.3) is 0 Å². The van der Waals surface area contributed by atoms with E-state index in [1.807, 2.05) is 42.5 Å². The highest BCUT2D eigenvalue weighted by Gasteiger charge is 2.37. The smallest absolute Gasteiger partial charge is 0.323 e. The number of nitrogens with zero attached hydrogens (tertiary/aromatic N) is 4. The van der Waals surface area contributed by atoms with Crippen LogP contribution in [-0.4, -0.2) is 57.0 Å². The van der Waals surface area contributed by atoms with E-state index >= 15 is 0 Å². The number of aromatic nitrogens is 2. The maximum Gasteiger partial charge on any atom is 0.323 e. The molecule has 1 fully saturated rings. The van der Waals surface area contributed by atoms with E-state index in [-0.39, 0.29) is 44.2 Å². The van der Waals surface area contributed by atoms with Crippen molar-refractivity contribution in [2.24, 2.45) is 0 Å². The first-order valence-corrected chi connectivity index (χ1v) is 14.8. The van der Waals surface area contributed by atoms with Crippen LogP contribution < -0.4 is 9.47 Å². The number of nitro benzene ring substituents is 1. The topological polar surface area (TPSA) is 150 Å². The van der Waals surface area contributed by atoms with Crippen LogP contribution in [0.5, 0.6) is 11.5 Å². The highest BCUT2D eigenvalue weighted by atomic mass is 35.5. The van der Waals surface area contributed by atoms with Gasteiger partial charge in [-0.25, -0.2) is 4.63 Å². The van der Waals surface area contributed by atoms with Crippen molar-refractivity contribution < 1.29 is 33.7 Å². The summed E-state index contributed by atoms with van der Waals surface area (Å²) in [6, 6.07) is 22.6. The molecule has 1 aliphatic heterocycles. The van der Waals surface area contributed by atoms with Crippen LogP contribution in [0.1, 0.15) is 23.1 Å². The van der Waals surface area contributed by atoms with Crippen LogP contribution in [0, 0.1) is 10.1 Å². The van der Waals surface area contributed by atoms with E-state index in [9.17, 15) is 20.0 Å². The molecule has 12 nitrogen and oxygen atoms in total. The molecule has 0 aliphatic carbocycles. The van der Waals surface area contributed by atoms with Crippen LogP contribution in [0.15, 0.2) is 83.5 Å². The van der Waals surface area contributed by atoms with Crippen molar-refractivity contribution in [1.82, 2.24) is 15.2 Å². The summed E-state index contributed by atoms with van der Waals surface area (Å²) >= 11 is 6.76. The largest absolute Gasteiger partial charge is 0.488 e. The first kappa shape index (κ1) is 31.0. The Balaban J connectivity index is 1.32. The summed E-state index contributed by atoms with van der Waals surface area (Å²) in [6.07, 6.45) is -0.578. The average Bonchev–Trinajstić information content (AvgIpc) is 3.69. The number of β-amino-alcohol motifs (C(OH)–C–C–N with tert-alkyl or cyclic N) is 1. The van der Waals surface area contributed by atoms with Crippen molar-refractivity contribution in [1.29, 1.82) is 0 Å². The van der Waals surface area contributed by atoms with Gasteiger partial charge in [-0.15, -0.1) is 0 Å². The van der Waals surface area contributed by atoms with Crippen molar-refractivity contribution in [2.45, 2.75) is 38.3 Å². The molecule has 0 radical (unpaired) electrons. The van der Waals surface area contributed by atoms with Crippen molar-refractivity contribution in [3.8, 4) is 22.6 Å². The molecule has 2 heterocycles. The third-order valence-corrected chi connectivity index (χ3v) is 8.27. The van der Waals surface area contributed by atoms with Crippen LogP contribution in [0.2, 0.25) is 5.02 Å². The van der Waals surface area contributed by atoms with Gasteiger partial charge in [-0.2, -0.15) is 0 Å². The van der Waals surface area contributed by atoms with E-state index in [1.54, 1.807) is 29.2 Å². The highest BCUT2D eigenvalue weighted by Crippen LogP contribution is 2.38. The number of carbonyl (C=O) groups is 1. The van der Waals surface area contributed by atoms with E-state index in [2.05, 4.69) is 10.3 Å². The Morgan fingerprint density at radius 2 is 1.78 bits per heavy atom. The SMILES string of the molecule is COC(=O)[C@H]1C[C@@H](O)CN1Cc1cc([N+](=O)[O-])c(OCc2cccc(-c3ccccc3)c2Cl)cc1OCc1ccc2nonc2c1. The maximum atomic E-state index is 12.5. The molecular weight excluding hydrogens is 616 g/mol. The number of carbonyl (C=O) groups excluding carboxylic acids is 1. The molecule has 0 unspecified atom stereocenters. The lowest BCUT2D eigenvalue weighted by Gasteiger charge is -2.23. The molecule has 0 saturated carbocycles. The zero-order chi connectivity index (χ0) is 32.2. The Labute approximate surface area is 268 Å². The Morgan fingerprint density at radius 3 is 2.57 bits per heavy atom. The van der Waals surface area contributed by atoms with Gasteiger partial charge in [-0.1, -0.05) is 66.2 Å². The molecule has 1 aliphatic rings. The number of rotatable bonds is 11. The van der Waals surface area contributed by atoms with Crippen molar-refractivity contribution in [3.05, 3.63) is 111 Å². The average molecular weight is 645 g/mol. The first-order valence-electron chi connectivity index (χ1n) is 14.4. The molecule has 1 aromatic heterocycles. The van der Waals surface area contributed by atoms with Crippen molar-refractivity contribution >= 4 is 34.3 Å². The van der Waals surface area contributed by atoms with Gasteiger partial charge in [0.1, 0.15) is 36.0 Å². The summed E-state index contributed by atoms with van der Waals surface area (Å²) in [6.45, 7) is 0.292. The lowest BCUT2D eigenvalue weighted by molar-refractivity contribution is -0.386. The standard InChI is InChI=1S/C33H29ClN4O8/c1-43-33(40)29-14-24(39)17-37(29)16-23-13-28(38(41)42)31(15-30(23)44-18-20-10-11-26-27(12-20)36-46-35-26)45-19-22-8-5-9-25(32(22)34)21-6-3-2-4-7-21/h2-13,15,24,29,39H,14,16-19H2,1H3/t24-,29-/m1/s1. The second-order valence-electron chi connectivity index (χ2n) is 10.9. The molecule has 5 aromatic rings. The molecular formula is C33H29ClN4O8. The number of likely N-dealkylation sites (tertiary alicyclic amines) is 1. The lowest BCUT2D eigenvalue weighted by Crippen LogP contribution is -2.36. The molecule has 0 bridgehead atoms. The van der Waals surface area contributed by atoms with E-state index < -0.39 is 23.0 Å². The monoisotopic (exact) mass is 644 g/mol. The van der Waals surface area contributed by atoms with Gasteiger partial charge < -0.3 is 19.3 Å². The number of esters is 1. The highest BCUT2D eigenvalue weighted by molar-refractivity contribution is 6.34. The number of aliphatic hydroxyl groups excluding tert-OH is 1. The van der Waals surface area contributed by atoms with Gasteiger partial charge >= 0.3 is 11.7 Å². The van der Waals surface area contributed by atoms with Crippen LogP contribution in [-0.2, 0) is 29.3 Å². The second-order valence-corrected chi connectivity index (χ2v) is 11.2. The summed E-state index contributed by atoms with van der Waals surface area (Å²) in [5.41, 5.74) is 4.41.